The molecule has 1 heterocycles. The Morgan fingerprint density at radius 3 is 2.64 bits per heavy atom. The molecule has 1 aromatic rings. The van der Waals surface area contributed by atoms with Crippen LogP contribution in [0.1, 0.15) is 37.9 Å². The van der Waals surface area contributed by atoms with Gasteiger partial charge in [0.2, 0.25) is 0 Å². The molecule has 0 aliphatic heterocycles. The molecule has 0 saturated carbocycles. The monoisotopic (exact) mass is 151 g/mol. The first-order valence-electron chi connectivity index (χ1n) is 3.73. The van der Waals surface area contributed by atoms with Gasteiger partial charge >= 0.3 is 0 Å². The first-order chi connectivity index (χ1) is 5.13. The molecule has 0 saturated heterocycles. The number of hydrogen-bond acceptors (Lipinski definition) is 2. The van der Waals surface area contributed by atoms with Crippen LogP contribution in [0.4, 0.5) is 0 Å². The Hall–Kier alpha value is -1.05. The Labute approximate surface area is 66.9 Å². The summed E-state index contributed by atoms with van der Waals surface area (Å²) < 4.78 is 4.86. The minimum absolute atomic E-state index is 0.452. The molecule has 0 atom stereocenters. The van der Waals surface area contributed by atoms with E-state index in [4.69, 9.17) is 4.52 Å². The summed E-state index contributed by atoms with van der Waals surface area (Å²) in [6, 6.07) is 0. The summed E-state index contributed by atoms with van der Waals surface area (Å²) in [5.41, 5.74) is 3.00. The number of nitrogens with zero attached hydrogens (tertiary/aromatic N) is 1. The predicted octanol–water partition coefficient (Wildman–Crippen LogP) is 2.83. The molecular weight excluding hydrogens is 138 g/mol. The Morgan fingerprint density at radius 1 is 1.64 bits per heavy atom. The van der Waals surface area contributed by atoms with Gasteiger partial charge in [-0.2, -0.15) is 0 Å². The van der Waals surface area contributed by atoms with Gasteiger partial charge in [-0.3, -0.25) is 0 Å². The highest BCUT2D eigenvalue weighted by Crippen LogP contribution is 2.22. The number of hydrogen-bond donors (Lipinski definition) is 0. The van der Waals surface area contributed by atoms with Gasteiger partial charge in [-0.15, -0.1) is 0 Å². The van der Waals surface area contributed by atoms with Gasteiger partial charge in [-0.05, 0) is 18.4 Å². The molecule has 1 rings (SSSR count). The SMILES string of the molecule is C=C(C)c1nocc1C(C)C. The van der Waals surface area contributed by atoms with Crippen molar-refractivity contribution in [2.24, 2.45) is 0 Å². The summed E-state index contributed by atoms with van der Waals surface area (Å²) in [7, 11) is 0. The summed E-state index contributed by atoms with van der Waals surface area (Å²) in [5, 5.41) is 3.86. The van der Waals surface area contributed by atoms with E-state index >= 15 is 0 Å². The lowest BCUT2D eigenvalue weighted by molar-refractivity contribution is 0.416. The van der Waals surface area contributed by atoms with E-state index in [9.17, 15) is 0 Å². The van der Waals surface area contributed by atoms with Crippen LogP contribution < -0.4 is 0 Å². The van der Waals surface area contributed by atoms with Crippen molar-refractivity contribution in [3.8, 4) is 0 Å². The van der Waals surface area contributed by atoms with Crippen molar-refractivity contribution in [1.29, 1.82) is 0 Å². The number of rotatable bonds is 2. The molecule has 0 spiro atoms. The molecule has 0 fully saturated rings. The van der Waals surface area contributed by atoms with Crippen LogP contribution >= 0.6 is 0 Å². The van der Waals surface area contributed by atoms with Gasteiger partial charge in [0.25, 0.3) is 0 Å². The number of allylic oxidation sites excluding steroid dienone is 1. The van der Waals surface area contributed by atoms with Crippen LogP contribution in [-0.4, -0.2) is 5.16 Å². The smallest absolute Gasteiger partial charge is 0.127 e. The third-order valence-corrected chi connectivity index (χ3v) is 1.62. The molecule has 60 valence electrons. The highest BCUT2D eigenvalue weighted by atomic mass is 16.5. The zero-order valence-corrected chi connectivity index (χ0v) is 7.22. The maximum absolute atomic E-state index is 4.86. The molecule has 0 bridgehead atoms. The molecular formula is C9H13NO. The first-order valence-corrected chi connectivity index (χ1v) is 3.73. The summed E-state index contributed by atoms with van der Waals surface area (Å²) in [5.74, 6) is 0.452. The first kappa shape index (κ1) is 8.05. The molecule has 0 radical (unpaired) electrons. The van der Waals surface area contributed by atoms with E-state index in [2.05, 4.69) is 25.6 Å². The minimum Gasteiger partial charge on any atom is -0.364 e. The van der Waals surface area contributed by atoms with Gasteiger partial charge in [0.15, 0.2) is 0 Å². The van der Waals surface area contributed by atoms with Crippen molar-refractivity contribution in [3.05, 3.63) is 24.1 Å². The Kier molecular flexibility index (Phi) is 2.13. The highest BCUT2D eigenvalue weighted by Gasteiger charge is 2.10. The summed E-state index contributed by atoms with van der Waals surface area (Å²) in [6.45, 7) is 9.97. The fourth-order valence-electron chi connectivity index (χ4n) is 0.978. The Bertz CT molecular complexity index is 260. The molecule has 1 aromatic heterocycles. The van der Waals surface area contributed by atoms with Crippen molar-refractivity contribution in [1.82, 2.24) is 5.16 Å². The normalized spacial score (nSPS) is 10.5. The standard InChI is InChI=1S/C9H13NO/c1-6(2)8-5-11-10-9(8)7(3)4/h5-6H,3H2,1-2,4H3. The van der Waals surface area contributed by atoms with Crippen molar-refractivity contribution < 1.29 is 4.52 Å². The van der Waals surface area contributed by atoms with Crippen LogP contribution in [0.5, 0.6) is 0 Å². The summed E-state index contributed by atoms with van der Waals surface area (Å²) in [4.78, 5) is 0. The van der Waals surface area contributed by atoms with Gasteiger partial charge in [-0.25, -0.2) is 0 Å². The number of aromatic nitrogens is 1. The van der Waals surface area contributed by atoms with E-state index in [0.717, 1.165) is 16.8 Å². The minimum atomic E-state index is 0.452. The average molecular weight is 151 g/mol. The fraction of sp³-hybridized carbons (Fsp3) is 0.444. The Morgan fingerprint density at radius 2 is 2.27 bits per heavy atom. The van der Waals surface area contributed by atoms with Crippen LogP contribution in [0.2, 0.25) is 0 Å². The van der Waals surface area contributed by atoms with Crippen LogP contribution in [0.25, 0.3) is 5.57 Å². The summed E-state index contributed by atoms with van der Waals surface area (Å²) in [6.07, 6.45) is 1.69. The van der Waals surface area contributed by atoms with Gasteiger partial charge in [0, 0.05) is 5.56 Å². The second-order valence-electron chi connectivity index (χ2n) is 3.05. The molecule has 0 unspecified atom stereocenters. The van der Waals surface area contributed by atoms with Crippen molar-refractivity contribution in [3.63, 3.8) is 0 Å². The van der Waals surface area contributed by atoms with Crippen LogP contribution in [0, 0.1) is 0 Å². The average Bonchev–Trinajstić information content (AvgIpc) is 2.32. The largest absolute Gasteiger partial charge is 0.364 e. The van der Waals surface area contributed by atoms with Gasteiger partial charge < -0.3 is 4.52 Å². The second-order valence-corrected chi connectivity index (χ2v) is 3.05. The zero-order valence-electron chi connectivity index (χ0n) is 7.22. The van der Waals surface area contributed by atoms with Crippen LogP contribution in [0.3, 0.4) is 0 Å². The van der Waals surface area contributed by atoms with Crippen molar-refractivity contribution >= 4 is 5.57 Å². The quantitative estimate of drug-likeness (QED) is 0.649. The van der Waals surface area contributed by atoms with E-state index < -0.39 is 0 Å². The van der Waals surface area contributed by atoms with Crippen LogP contribution in [0.15, 0.2) is 17.4 Å². The lowest BCUT2D eigenvalue weighted by Gasteiger charge is -2.01. The lowest BCUT2D eigenvalue weighted by atomic mass is 10.0. The fourth-order valence-corrected chi connectivity index (χ4v) is 0.978. The molecule has 0 aromatic carbocycles. The molecule has 2 nitrogen and oxygen atoms in total. The summed E-state index contributed by atoms with van der Waals surface area (Å²) >= 11 is 0. The maximum Gasteiger partial charge on any atom is 0.127 e. The van der Waals surface area contributed by atoms with Gasteiger partial charge in [-0.1, -0.05) is 25.6 Å². The van der Waals surface area contributed by atoms with E-state index in [1.165, 1.54) is 0 Å². The molecule has 0 amide bonds. The molecule has 0 aliphatic carbocycles. The highest BCUT2D eigenvalue weighted by molar-refractivity contribution is 5.60. The maximum atomic E-state index is 4.86. The van der Waals surface area contributed by atoms with E-state index in [0.29, 0.717) is 5.92 Å². The molecule has 0 N–H and O–H groups in total. The van der Waals surface area contributed by atoms with E-state index in [-0.39, 0.29) is 0 Å². The van der Waals surface area contributed by atoms with Crippen LogP contribution in [-0.2, 0) is 0 Å². The van der Waals surface area contributed by atoms with Gasteiger partial charge in [0.1, 0.15) is 12.0 Å². The molecule has 2 heteroatoms. The van der Waals surface area contributed by atoms with Crippen molar-refractivity contribution in [2.75, 3.05) is 0 Å². The third kappa shape index (κ3) is 1.50. The predicted molar refractivity (Wildman–Crippen MR) is 45.3 cm³/mol. The van der Waals surface area contributed by atoms with Gasteiger partial charge in [0.05, 0.1) is 0 Å². The zero-order chi connectivity index (χ0) is 8.43. The molecule has 0 aliphatic rings. The van der Waals surface area contributed by atoms with E-state index in [1.54, 1.807) is 6.26 Å². The lowest BCUT2D eigenvalue weighted by Crippen LogP contribution is -1.89. The second kappa shape index (κ2) is 2.91. The molecule has 11 heavy (non-hydrogen) atoms. The Balaban J connectivity index is 3.06. The third-order valence-electron chi connectivity index (χ3n) is 1.62. The topological polar surface area (TPSA) is 26.0 Å². The van der Waals surface area contributed by atoms with Crippen molar-refractivity contribution in [2.45, 2.75) is 26.7 Å². The van der Waals surface area contributed by atoms with E-state index in [1.807, 2.05) is 6.92 Å².